The van der Waals surface area contributed by atoms with Crippen molar-refractivity contribution in [3.05, 3.63) is 35.6 Å². The highest BCUT2D eigenvalue weighted by Crippen LogP contribution is 2.26. The minimum atomic E-state index is -1.16. The van der Waals surface area contributed by atoms with E-state index in [0.717, 1.165) is 0 Å². The van der Waals surface area contributed by atoms with E-state index in [-0.39, 0.29) is 19.8 Å². The Balaban J connectivity index is 3.18. The lowest BCUT2D eigenvalue weighted by atomic mass is 9.81. The summed E-state index contributed by atoms with van der Waals surface area (Å²) in [5, 5.41) is 0. The van der Waals surface area contributed by atoms with Crippen molar-refractivity contribution in [2.24, 2.45) is 5.73 Å². The zero-order valence-electron chi connectivity index (χ0n) is 11.3. The van der Waals surface area contributed by atoms with Gasteiger partial charge >= 0.3 is 5.97 Å². The van der Waals surface area contributed by atoms with E-state index in [1.165, 1.54) is 12.1 Å². The lowest BCUT2D eigenvalue weighted by Crippen LogP contribution is -2.48. The average molecular weight is 269 g/mol. The Morgan fingerprint density at radius 3 is 2.63 bits per heavy atom. The second-order valence-corrected chi connectivity index (χ2v) is 4.15. The van der Waals surface area contributed by atoms with Gasteiger partial charge in [0.05, 0.1) is 13.2 Å². The van der Waals surface area contributed by atoms with Crippen molar-refractivity contribution in [1.29, 1.82) is 0 Å². The van der Waals surface area contributed by atoms with E-state index in [1.807, 2.05) is 6.92 Å². The average Bonchev–Trinajstić information content (AvgIpc) is 2.40. The molecule has 0 saturated carbocycles. The predicted octanol–water partition coefficient (Wildman–Crippen LogP) is 1.62. The van der Waals surface area contributed by atoms with Gasteiger partial charge in [-0.05, 0) is 31.5 Å². The van der Waals surface area contributed by atoms with Gasteiger partial charge in [-0.25, -0.2) is 4.39 Å². The Kier molecular flexibility index (Phi) is 5.92. The number of ether oxygens (including phenoxy) is 2. The van der Waals surface area contributed by atoms with Crippen LogP contribution in [0.2, 0.25) is 0 Å². The van der Waals surface area contributed by atoms with Gasteiger partial charge in [0.25, 0.3) is 0 Å². The van der Waals surface area contributed by atoms with Crippen molar-refractivity contribution >= 4 is 5.97 Å². The summed E-state index contributed by atoms with van der Waals surface area (Å²) in [6.45, 7) is 4.28. The summed E-state index contributed by atoms with van der Waals surface area (Å²) >= 11 is 0. The van der Waals surface area contributed by atoms with E-state index in [4.69, 9.17) is 15.2 Å². The first-order chi connectivity index (χ1) is 9.10. The fraction of sp³-hybridized carbons (Fsp3) is 0.500. The molecule has 1 aromatic carbocycles. The maximum Gasteiger partial charge on any atom is 0.320 e. The smallest absolute Gasteiger partial charge is 0.320 e. The normalized spacial score (nSPS) is 13.9. The molecule has 0 heterocycles. The van der Waals surface area contributed by atoms with Crippen molar-refractivity contribution in [3.63, 3.8) is 0 Å². The van der Waals surface area contributed by atoms with Gasteiger partial charge in [-0.1, -0.05) is 12.1 Å². The molecule has 0 aliphatic heterocycles. The molecule has 0 spiro atoms. The first-order valence-electron chi connectivity index (χ1n) is 6.31. The highest BCUT2D eigenvalue weighted by atomic mass is 19.1. The molecule has 0 radical (unpaired) electrons. The van der Waals surface area contributed by atoms with Crippen LogP contribution in [0.4, 0.5) is 4.39 Å². The number of nitrogens with two attached hydrogens (primary N) is 1. The van der Waals surface area contributed by atoms with Crippen LogP contribution in [0.1, 0.15) is 19.4 Å². The van der Waals surface area contributed by atoms with E-state index in [2.05, 4.69) is 0 Å². The van der Waals surface area contributed by atoms with Gasteiger partial charge in [-0.15, -0.1) is 0 Å². The molecule has 0 amide bonds. The van der Waals surface area contributed by atoms with Crippen molar-refractivity contribution in [2.75, 3.05) is 26.4 Å². The Labute approximate surface area is 112 Å². The van der Waals surface area contributed by atoms with Crippen molar-refractivity contribution in [1.82, 2.24) is 0 Å². The van der Waals surface area contributed by atoms with Crippen LogP contribution in [0, 0.1) is 5.82 Å². The maximum absolute atomic E-state index is 13.4. The van der Waals surface area contributed by atoms with Crippen LogP contribution >= 0.6 is 0 Å². The maximum atomic E-state index is 13.4. The third-order valence-corrected chi connectivity index (χ3v) is 2.94. The summed E-state index contributed by atoms with van der Waals surface area (Å²) in [6, 6.07) is 5.81. The minimum absolute atomic E-state index is 0.00468. The summed E-state index contributed by atoms with van der Waals surface area (Å²) in [4.78, 5) is 12.2. The van der Waals surface area contributed by atoms with Crippen LogP contribution in [0.15, 0.2) is 24.3 Å². The number of hydrogen-bond donors (Lipinski definition) is 1. The fourth-order valence-corrected chi connectivity index (χ4v) is 1.85. The largest absolute Gasteiger partial charge is 0.465 e. The van der Waals surface area contributed by atoms with Crippen molar-refractivity contribution in [3.8, 4) is 0 Å². The van der Waals surface area contributed by atoms with E-state index < -0.39 is 17.2 Å². The van der Waals surface area contributed by atoms with Crippen LogP contribution in [-0.4, -0.2) is 32.3 Å². The number of carbonyl (C=O) groups is 1. The third-order valence-electron chi connectivity index (χ3n) is 2.94. The van der Waals surface area contributed by atoms with Gasteiger partial charge in [0, 0.05) is 13.2 Å². The molecule has 0 bridgehead atoms. The van der Waals surface area contributed by atoms with Gasteiger partial charge in [0.1, 0.15) is 11.2 Å². The lowest BCUT2D eigenvalue weighted by molar-refractivity contribution is -0.152. The number of esters is 1. The van der Waals surface area contributed by atoms with Crippen LogP contribution in [0.5, 0.6) is 0 Å². The molecular formula is C14H20FNO3. The van der Waals surface area contributed by atoms with Gasteiger partial charge < -0.3 is 15.2 Å². The summed E-state index contributed by atoms with van der Waals surface area (Å²) in [5.74, 6) is -0.910. The monoisotopic (exact) mass is 269 g/mol. The summed E-state index contributed by atoms with van der Waals surface area (Å²) in [5.41, 5.74) is 5.07. The standard InChI is InChI=1S/C14H20FNO3/c1-3-18-10-14(9-16,13(17)19-4-2)11-6-5-7-12(15)8-11/h5-8H,3-4,9-10,16H2,1-2H3. The number of halogens is 1. The van der Waals surface area contributed by atoms with Crippen molar-refractivity contribution < 1.29 is 18.7 Å². The molecular weight excluding hydrogens is 249 g/mol. The number of hydrogen-bond acceptors (Lipinski definition) is 4. The highest BCUT2D eigenvalue weighted by Gasteiger charge is 2.41. The first-order valence-corrected chi connectivity index (χ1v) is 6.31. The van der Waals surface area contributed by atoms with Crippen molar-refractivity contribution in [2.45, 2.75) is 19.3 Å². The van der Waals surface area contributed by atoms with E-state index in [1.54, 1.807) is 19.1 Å². The molecule has 0 aromatic heterocycles. The van der Waals surface area contributed by atoms with E-state index in [9.17, 15) is 9.18 Å². The van der Waals surface area contributed by atoms with Crippen LogP contribution < -0.4 is 5.73 Å². The molecule has 106 valence electrons. The SMILES string of the molecule is CCOCC(CN)(C(=O)OCC)c1cccc(F)c1. The van der Waals surface area contributed by atoms with Crippen LogP contribution in [-0.2, 0) is 19.7 Å². The molecule has 2 N–H and O–H groups in total. The molecule has 5 heteroatoms. The zero-order valence-corrected chi connectivity index (χ0v) is 11.3. The molecule has 0 aliphatic rings. The van der Waals surface area contributed by atoms with Gasteiger partial charge in [-0.2, -0.15) is 0 Å². The molecule has 0 fully saturated rings. The Morgan fingerprint density at radius 1 is 1.37 bits per heavy atom. The number of rotatable bonds is 7. The molecule has 19 heavy (non-hydrogen) atoms. The summed E-state index contributed by atoms with van der Waals surface area (Å²) in [6.07, 6.45) is 0. The quantitative estimate of drug-likeness (QED) is 0.764. The van der Waals surface area contributed by atoms with Crippen LogP contribution in [0.25, 0.3) is 0 Å². The van der Waals surface area contributed by atoms with E-state index >= 15 is 0 Å². The Morgan fingerprint density at radius 2 is 2.11 bits per heavy atom. The third kappa shape index (κ3) is 3.52. The second-order valence-electron chi connectivity index (χ2n) is 4.15. The van der Waals surface area contributed by atoms with Gasteiger partial charge in [0.15, 0.2) is 0 Å². The molecule has 1 rings (SSSR count). The lowest BCUT2D eigenvalue weighted by Gasteiger charge is -2.30. The molecule has 1 atom stereocenters. The second kappa shape index (κ2) is 7.21. The Hall–Kier alpha value is -1.46. The summed E-state index contributed by atoms with van der Waals surface area (Å²) < 4.78 is 23.8. The zero-order chi connectivity index (χ0) is 14.3. The molecule has 4 nitrogen and oxygen atoms in total. The molecule has 1 aromatic rings. The fourth-order valence-electron chi connectivity index (χ4n) is 1.85. The molecule has 0 aliphatic carbocycles. The van der Waals surface area contributed by atoms with Crippen LogP contribution in [0.3, 0.4) is 0 Å². The van der Waals surface area contributed by atoms with E-state index in [0.29, 0.717) is 12.2 Å². The number of carbonyl (C=O) groups excluding carboxylic acids is 1. The number of benzene rings is 1. The first kappa shape index (κ1) is 15.6. The minimum Gasteiger partial charge on any atom is -0.465 e. The van der Waals surface area contributed by atoms with Gasteiger partial charge in [-0.3, -0.25) is 4.79 Å². The molecule has 0 saturated heterocycles. The highest BCUT2D eigenvalue weighted by molar-refractivity contribution is 5.84. The molecule has 1 unspecified atom stereocenters. The topological polar surface area (TPSA) is 61.5 Å². The van der Waals surface area contributed by atoms with Gasteiger partial charge in [0.2, 0.25) is 0 Å². The predicted molar refractivity (Wildman–Crippen MR) is 70.3 cm³/mol. The summed E-state index contributed by atoms with van der Waals surface area (Å²) in [7, 11) is 0. The Bertz CT molecular complexity index is 425.